The molecule has 3 rings (SSSR count). The molecule has 2 N–H and O–H groups in total. The van der Waals surface area contributed by atoms with Crippen LogP contribution < -0.4 is 10.6 Å². The van der Waals surface area contributed by atoms with Gasteiger partial charge < -0.3 is 15.1 Å². The van der Waals surface area contributed by atoms with Crippen LogP contribution >= 0.6 is 0 Å². The van der Waals surface area contributed by atoms with E-state index in [-0.39, 0.29) is 12.5 Å². The number of furan rings is 1. The Bertz CT molecular complexity index is 896. The average Bonchev–Trinajstić information content (AvgIpc) is 3.26. The summed E-state index contributed by atoms with van der Waals surface area (Å²) in [5.41, 5.74) is 1.57. The lowest BCUT2D eigenvalue weighted by molar-refractivity contribution is -0.119. The summed E-state index contributed by atoms with van der Waals surface area (Å²) in [4.78, 5) is 23.9. The lowest BCUT2D eigenvalue weighted by atomic mass is 10.2. The fraction of sp³-hybridized carbons (Fsp3) is 0.167. The smallest absolute Gasteiger partial charge is 0.255 e. The van der Waals surface area contributed by atoms with E-state index in [0.29, 0.717) is 17.0 Å². The van der Waals surface area contributed by atoms with Crippen molar-refractivity contribution in [3.63, 3.8) is 0 Å². The van der Waals surface area contributed by atoms with E-state index in [2.05, 4.69) is 15.7 Å². The lowest BCUT2D eigenvalue weighted by Gasteiger charge is -2.03. The number of benzene rings is 1. The molecule has 128 valence electrons. The van der Waals surface area contributed by atoms with Crippen molar-refractivity contribution in [1.82, 2.24) is 20.4 Å². The Kier molecular flexibility index (Phi) is 4.65. The first kappa shape index (κ1) is 16.5. The number of para-hydroxylation sites is 1. The van der Waals surface area contributed by atoms with Crippen LogP contribution in [0.3, 0.4) is 0 Å². The third-order valence-electron chi connectivity index (χ3n) is 3.64. The van der Waals surface area contributed by atoms with Crippen molar-refractivity contribution in [3.8, 4) is 17.1 Å². The minimum Gasteiger partial charge on any atom is -0.460 e. The fourth-order valence-electron chi connectivity index (χ4n) is 2.34. The molecule has 0 aliphatic carbocycles. The Morgan fingerprint density at radius 2 is 1.92 bits per heavy atom. The first-order valence-corrected chi connectivity index (χ1v) is 7.79. The maximum atomic E-state index is 12.5. The molecule has 2 heterocycles. The van der Waals surface area contributed by atoms with Crippen LogP contribution in [0.25, 0.3) is 17.1 Å². The summed E-state index contributed by atoms with van der Waals surface area (Å²) >= 11 is 0. The zero-order valence-corrected chi connectivity index (χ0v) is 13.9. The monoisotopic (exact) mass is 338 g/mol. The summed E-state index contributed by atoms with van der Waals surface area (Å²) < 4.78 is 7.23. The van der Waals surface area contributed by atoms with Crippen LogP contribution in [-0.2, 0) is 4.79 Å². The minimum absolute atomic E-state index is 0.109. The highest BCUT2D eigenvalue weighted by atomic mass is 16.3. The van der Waals surface area contributed by atoms with Gasteiger partial charge in [0, 0.05) is 13.2 Å². The molecule has 0 radical (unpaired) electrons. The summed E-state index contributed by atoms with van der Waals surface area (Å²) in [6, 6.07) is 13.0. The molecule has 2 amide bonds. The molecule has 0 aliphatic heterocycles. The Morgan fingerprint density at radius 3 is 2.56 bits per heavy atom. The lowest BCUT2D eigenvalue weighted by Crippen LogP contribution is -2.35. The number of nitrogens with zero attached hydrogens (tertiary/aromatic N) is 2. The molecule has 3 aromatic rings. The highest BCUT2D eigenvalue weighted by Crippen LogP contribution is 2.25. The number of aromatic nitrogens is 2. The molecule has 0 aliphatic rings. The topological polar surface area (TPSA) is 89.2 Å². The first-order chi connectivity index (χ1) is 12.1. The van der Waals surface area contributed by atoms with Gasteiger partial charge in [0.15, 0.2) is 5.76 Å². The molecule has 0 saturated carbocycles. The summed E-state index contributed by atoms with van der Waals surface area (Å²) in [5, 5.41) is 9.54. The maximum Gasteiger partial charge on any atom is 0.255 e. The molecule has 0 bridgehead atoms. The molecule has 0 spiro atoms. The standard InChI is InChI=1S/C18H18N4O3/c1-12-8-9-15(25-12)17-14(18(24)20-10-16(23)19-2)11-22(21-17)13-6-4-3-5-7-13/h3-9,11H,10H2,1-2H3,(H,19,23)(H,20,24). The van der Waals surface area contributed by atoms with E-state index in [1.165, 1.54) is 7.05 Å². The van der Waals surface area contributed by atoms with Crippen LogP contribution in [0.5, 0.6) is 0 Å². The van der Waals surface area contributed by atoms with Gasteiger partial charge in [-0.2, -0.15) is 5.10 Å². The Labute approximate surface area is 144 Å². The predicted molar refractivity (Wildman–Crippen MR) is 92.4 cm³/mol. The fourth-order valence-corrected chi connectivity index (χ4v) is 2.34. The van der Waals surface area contributed by atoms with Crippen molar-refractivity contribution in [2.24, 2.45) is 0 Å². The number of carbonyl (C=O) groups excluding carboxylic acids is 2. The van der Waals surface area contributed by atoms with Crippen molar-refractivity contribution >= 4 is 11.8 Å². The highest BCUT2D eigenvalue weighted by Gasteiger charge is 2.21. The Balaban J connectivity index is 1.98. The van der Waals surface area contributed by atoms with Gasteiger partial charge in [-0.05, 0) is 31.2 Å². The number of nitrogens with one attached hydrogen (secondary N) is 2. The molecule has 0 atom stereocenters. The first-order valence-electron chi connectivity index (χ1n) is 7.79. The molecule has 2 aromatic heterocycles. The van der Waals surface area contributed by atoms with Crippen LogP contribution in [0, 0.1) is 6.92 Å². The van der Waals surface area contributed by atoms with Crippen LogP contribution in [0.2, 0.25) is 0 Å². The van der Waals surface area contributed by atoms with Crippen molar-refractivity contribution in [2.75, 3.05) is 13.6 Å². The predicted octanol–water partition coefficient (Wildman–Crippen LogP) is 1.92. The van der Waals surface area contributed by atoms with Gasteiger partial charge in [-0.25, -0.2) is 4.68 Å². The zero-order valence-electron chi connectivity index (χ0n) is 13.9. The second-order valence-corrected chi connectivity index (χ2v) is 5.44. The van der Waals surface area contributed by atoms with E-state index < -0.39 is 5.91 Å². The average molecular weight is 338 g/mol. The van der Waals surface area contributed by atoms with E-state index in [1.54, 1.807) is 16.9 Å². The van der Waals surface area contributed by atoms with Gasteiger partial charge in [0.25, 0.3) is 5.91 Å². The molecule has 7 heteroatoms. The number of amides is 2. The molecule has 0 fully saturated rings. The van der Waals surface area contributed by atoms with Gasteiger partial charge in [-0.15, -0.1) is 0 Å². The van der Waals surface area contributed by atoms with Crippen molar-refractivity contribution in [1.29, 1.82) is 0 Å². The van der Waals surface area contributed by atoms with Gasteiger partial charge in [0.2, 0.25) is 5.91 Å². The number of carbonyl (C=O) groups is 2. The van der Waals surface area contributed by atoms with E-state index in [4.69, 9.17) is 4.42 Å². The van der Waals surface area contributed by atoms with Gasteiger partial charge in [-0.3, -0.25) is 9.59 Å². The van der Waals surface area contributed by atoms with Crippen molar-refractivity contribution in [2.45, 2.75) is 6.92 Å². The second kappa shape index (κ2) is 7.04. The molecule has 25 heavy (non-hydrogen) atoms. The van der Waals surface area contributed by atoms with Crippen molar-refractivity contribution < 1.29 is 14.0 Å². The van der Waals surface area contributed by atoms with Crippen molar-refractivity contribution in [3.05, 3.63) is 60.0 Å². The number of hydrogen-bond acceptors (Lipinski definition) is 4. The third-order valence-corrected chi connectivity index (χ3v) is 3.64. The quantitative estimate of drug-likeness (QED) is 0.744. The minimum atomic E-state index is -0.394. The normalized spacial score (nSPS) is 10.5. The van der Waals surface area contributed by atoms with Gasteiger partial charge in [0.05, 0.1) is 17.8 Å². The second-order valence-electron chi connectivity index (χ2n) is 5.44. The molecular formula is C18H18N4O3. The number of aryl methyl sites for hydroxylation is 1. The summed E-state index contributed by atoms with van der Waals surface area (Å²) in [6.07, 6.45) is 1.63. The Hall–Kier alpha value is -3.35. The summed E-state index contributed by atoms with van der Waals surface area (Å²) in [5.74, 6) is 0.548. The van der Waals surface area contributed by atoms with Gasteiger partial charge >= 0.3 is 0 Å². The van der Waals surface area contributed by atoms with Crippen LogP contribution in [0.4, 0.5) is 0 Å². The van der Waals surface area contributed by atoms with Crippen LogP contribution in [-0.4, -0.2) is 35.2 Å². The van der Waals surface area contributed by atoms with Gasteiger partial charge in [0.1, 0.15) is 11.5 Å². The maximum absolute atomic E-state index is 12.5. The molecule has 7 nitrogen and oxygen atoms in total. The van der Waals surface area contributed by atoms with E-state index in [1.807, 2.05) is 43.3 Å². The number of rotatable bonds is 5. The molecule has 0 unspecified atom stereocenters. The summed E-state index contributed by atoms with van der Waals surface area (Å²) in [6.45, 7) is 1.71. The van der Waals surface area contributed by atoms with E-state index in [9.17, 15) is 9.59 Å². The number of likely N-dealkylation sites (N-methyl/N-ethyl adjacent to an activating group) is 1. The molecular weight excluding hydrogens is 320 g/mol. The largest absolute Gasteiger partial charge is 0.460 e. The highest BCUT2D eigenvalue weighted by molar-refractivity contribution is 6.00. The van der Waals surface area contributed by atoms with Crippen LogP contribution in [0.1, 0.15) is 16.1 Å². The summed E-state index contributed by atoms with van der Waals surface area (Å²) in [7, 11) is 1.51. The molecule has 0 saturated heterocycles. The third kappa shape index (κ3) is 3.60. The van der Waals surface area contributed by atoms with Crippen LogP contribution in [0.15, 0.2) is 53.1 Å². The zero-order chi connectivity index (χ0) is 17.8. The Morgan fingerprint density at radius 1 is 1.16 bits per heavy atom. The molecule has 1 aromatic carbocycles. The number of hydrogen-bond donors (Lipinski definition) is 2. The van der Waals surface area contributed by atoms with Gasteiger partial charge in [-0.1, -0.05) is 18.2 Å². The van der Waals surface area contributed by atoms with E-state index in [0.717, 1.165) is 11.4 Å². The van der Waals surface area contributed by atoms with E-state index >= 15 is 0 Å². The SMILES string of the molecule is CNC(=O)CNC(=O)c1cn(-c2ccccc2)nc1-c1ccc(C)o1.